The molecule has 0 fully saturated rings. The van der Waals surface area contributed by atoms with E-state index in [0.29, 0.717) is 18.8 Å². The van der Waals surface area contributed by atoms with Crippen molar-refractivity contribution in [3.8, 4) is 0 Å². The van der Waals surface area contributed by atoms with Crippen LogP contribution in [-0.4, -0.2) is 18.4 Å². The second-order valence-corrected chi connectivity index (χ2v) is 6.21. The Balaban J connectivity index is 1.62. The lowest BCUT2D eigenvalue weighted by Crippen LogP contribution is -2.38. The number of nitrogens with one attached hydrogen (secondary N) is 1. The number of benzene rings is 1. The molecule has 2 heterocycles. The molecule has 1 N–H and O–H groups in total. The van der Waals surface area contributed by atoms with Crippen LogP contribution in [0.4, 0.5) is 5.69 Å². The highest BCUT2D eigenvalue weighted by Gasteiger charge is 2.43. The number of nitrogens with zero attached hydrogens (tertiary/aromatic N) is 1. The maximum atomic E-state index is 12.6. The van der Waals surface area contributed by atoms with Gasteiger partial charge < -0.3 is 14.6 Å². The van der Waals surface area contributed by atoms with E-state index in [9.17, 15) is 9.59 Å². The number of furan rings is 1. The van der Waals surface area contributed by atoms with Gasteiger partial charge in [0.1, 0.15) is 5.76 Å². The zero-order chi connectivity index (χ0) is 16.4. The van der Waals surface area contributed by atoms with E-state index in [-0.39, 0.29) is 18.2 Å². The molecule has 1 aromatic carbocycles. The summed E-state index contributed by atoms with van der Waals surface area (Å²) in [7, 11) is 0. The number of hydrogen-bond donors (Lipinski definition) is 1. The standard InChI is InChI=1S/C18H20N2O3/c1-18(2)14-7-3-4-8-15(14)20(17(18)22)10-9-16(21)19-12-13-6-5-11-23-13/h3-8,11H,9-10,12H2,1-2H3,(H,19,21). The molecule has 3 rings (SSSR count). The van der Waals surface area contributed by atoms with Crippen LogP contribution < -0.4 is 10.2 Å². The van der Waals surface area contributed by atoms with Crippen molar-refractivity contribution >= 4 is 17.5 Å². The SMILES string of the molecule is CC1(C)C(=O)N(CCC(=O)NCc2ccco2)c2ccccc21. The Morgan fingerprint density at radius 1 is 1.22 bits per heavy atom. The molecule has 0 saturated carbocycles. The van der Waals surface area contributed by atoms with Crippen LogP contribution in [0.15, 0.2) is 47.1 Å². The molecule has 0 unspecified atom stereocenters. The van der Waals surface area contributed by atoms with Crippen LogP contribution in [0.3, 0.4) is 0 Å². The summed E-state index contributed by atoms with van der Waals surface area (Å²) < 4.78 is 5.17. The lowest BCUT2D eigenvalue weighted by Gasteiger charge is -2.20. The van der Waals surface area contributed by atoms with Gasteiger partial charge in [-0.25, -0.2) is 0 Å². The normalized spacial score (nSPS) is 15.6. The first-order chi connectivity index (χ1) is 11.0. The number of rotatable bonds is 5. The predicted molar refractivity (Wildman–Crippen MR) is 87.0 cm³/mol. The second-order valence-electron chi connectivity index (χ2n) is 6.21. The Kier molecular flexibility index (Phi) is 3.94. The van der Waals surface area contributed by atoms with Crippen molar-refractivity contribution in [2.75, 3.05) is 11.4 Å². The van der Waals surface area contributed by atoms with Crippen molar-refractivity contribution < 1.29 is 14.0 Å². The lowest BCUT2D eigenvalue weighted by atomic mass is 9.86. The highest BCUT2D eigenvalue weighted by molar-refractivity contribution is 6.07. The minimum atomic E-state index is -0.540. The highest BCUT2D eigenvalue weighted by atomic mass is 16.3. The third-order valence-electron chi connectivity index (χ3n) is 4.25. The molecule has 2 amide bonds. The molecule has 0 saturated heterocycles. The highest BCUT2D eigenvalue weighted by Crippen LogP contribution is 2.41. The molecule has 5 heteroatoms. The van der Waals surface area contributed by atoms with E-state index in [2.05, 4.69) is 5.32 Å². The minimum absolute atomic E-state index is 0.0394. The van der Waals surface area contributed by atoms with Gasteiger partial charge in [-0.1, -0.05) is 18.2 Å². The molecule has 1 aromatic heterocycles. The van der Waals surface area contributed by atoms with Gasteiger partial charge in [-0.2, -0.15) is 0 Å². The molecule has 0 aliphatic carbocycles. The summed E-state index contributed by atoms with van der Waals surface area (Å²) in [5.41, 5.74) is 1.38. The van der Waals surface area contributed by atoms with Gasteiger partial charge in [-0.3, -0.25) is 9.59 Å². The molecular formula is C18H20N2O3. The van der Waals surface area contributed by atoms with E-state index in [1.54, 1.807) is 17.2 Å². The number of carbonyl (C=O) groups excluding carboxylic acids is 2. The third kappa shape index (κ3) is 2.86. The first-order valence-electron chi connectivity index (χ1n) is 7.70. The van der Waals surface area contributed by atoms with Gasteiger partial charge in [-0.15, -0.1) is 0 Å². The molecule has 23 heavy (non-hydrogen) atoms. The summed E-state index contributed by atoms with van der Waals surface area (Å²) in [4.78, 5) is 26.3. The van der Waals surface area contributed by atoms with Crippen molar-refractivity contribution in [2.45, 2.75) is 32.2 Å². The van der Waals surface area contributed by atoms with E-state index in [1.165, 1.54) is 0 Å². The largest absolute Gasteiger partial charge is 0.467 e. The molecule has 120 valence electrons. The van der Waals surface area contributed by atoms with Crippen LogP contribution in [0, 0.1) is 0 Å². The lowest BCUT2D eigenvalue weighted by molar-refractivity contribution is -0.122. The fourth-order valence-corrected chi connectivity index (χ4v) is 2.92. The number of hydrogen-bond acceptors (Lipinski definition) is 3. The van der Waals surface area contributed by atoms with E-state index < -0.39 is 5.41 Å². The van der Waals surface area contributed by atoms with Gasteiger partial charge in [0.25, 0.3) is 0 Å². The summed E-state index contributed by atoms with van der Waals surface area (Å²) in [5, 5.41) is 2.80. The summed E-state index contributed by atoms with van der Waals surface area (Å²) >= 11 is 0. The van der Waals surface area contributed by atoms with Crippen molar-refractivity contribution in [1.82, 2.24) is 5.32 Å². The Labute approximate surface area is 135 Å². The number of para-hydroxylation sites is 1. The second kappa shape index (κ2) is 5.91. The number of anilines is 1. The van der Waals surface area contributed by atoms with Crippen LogP contribution in [0.25, 0.3) is 0 Å². The van der Waals surface area contributed by atoms with Gasteiger partial charge in [-0.05, 0) is 37.6 Å². The van der Waals surface area contributed by atoms with E-state index in [1.807, 2.05) is 44.2 Å². The molecule has 5 nitrogen and oxygen atoms in total. The van der Waals surface area contributed by atoms with Crippen molar-refractivity contribution in [3.63, 3.8) is 0 Å². The average Bonchev–Trinajstić information content (AvgIpc) is 3.12. The average molecular weight is 312 g/mol. The summed E-state index contributed by atoms with van der Waals surface area (Å²) in [6.07, 6.45) is 1.83. The predicted octanol–water partition coefficient (Wildman–Crippen LogP) is 2.61. The van der Waals surface area contributed by atoms with Crippen LogP contribution in [-0.2, 0) is 21.5 Å². The van der Waals surface area contributed by atoms with Crippen molar-refractivity contribution in [2.24, 2.45) is 0 Å². The van der Waals surface area contributed by atoms with E-state index >= 15 is 0 Å². The number of fused-ring (bicyclic) bond motifs is 1. The molecule has 0 atom stereocenters. The van der Waals surface area contributed by atoms with E-state index in [0.717, 1.165) is 11.3 Å². The summed E-state index contributed by atoms with van der Waals surface area (Å²) in [6.45, 7) is 4.58. The summed E-state index contributed by atoms with van der Waals surface area (Å²) in [5.74, 6) is 0.649. The van der Waals surface area contributed by atoms with E-state index in [4.69, 9.17) is 4.42 Å². The molecule has 0 bridgehead atoms. The zero-order valence-electron chi connectivity index (χ0n) is 13.3. The topological polar surface area (TPSA) is 62.6 Å². The Morgan fingerprint density at radius 3 is 2.74 bits per heavy atom. The monoisotopic (exact) mass is 312 g/mol. The Bertz CT molecular complexity index is 720. The molecule has 1 aliphatic rings. The smallest absolute Gasteiger partial charge is 0.237 e. The first-order valence-corrected chi connectivity index (χ1v) is 7.70. The minimum Gasteiger partial charge on any atom is -0.467 e. The molecule has 1 aliphatic heterocycles. The summed E-state index contributed by atoms with van der Waals surface area (Å²) in [6, 6.07) is 11.4. The fourth-order valence-electron chi connectivity index (χ4n) is 2.92. The van der Waals surface area contributed by atoms with Crippen LogP contribution in [0.2, 0.25) is 0 Å². The van der Waals surface area contributed by atoms with Crippen molar-refractivity contribution in [3.05, 3.63) is 54.0 Å². The maximum absolute atomic E-state index is 12.6. The molecule has 0 radical (unpaired) electrons. The van der Waals surface area contributed by atoms with Crippen LogP contribution in [0.5, 0.6) is 0 Å². The first kappa shape index (κ1) is 15.3. The Morgan fingerprint density at radius 2 is 2.00 bits per heavy atom. The quantitative estimate of drug-likeness (QED) is 0.923. The Hall–Kier alpha value is -2.56. The molecular weight excluding hydrogens is 292 g/mol. The number of amides is 2. The van der Waals surface area contributed by atoms with Crippen LogP contribution in [0.1, 0.15) is 31.6 Å². The number of carbonyl (C=O) groups is 2. The molecule has 0 spiro atoms. The zero-order valence-corrected chi connectivity index (χ0v) is 13.3. The molecule has 2 aromatic rings. The van der Waals surface area contributed by atoms with Gasteiger partial charge in [0.15, 0.2) is 0 Å². The fraction of sp³-hybridized carbons (Fsp3) is 0.333. The van der Waals surface area contributed by atoms with Gasteiger partial charge in [0.05, 0.1) is 18.2 Å². The third-order valence-corrected chi connectivity index (χ3v) is 4.25. The van der Waals surface area contributed by atoms with Gasteiger partial charge in [0.2, 0.25) is 11.8 Å². The van der Waals surface area contributed by atoms with Crippen molar-refractivity contribution in [1.29, 1.82) is 0 Å². The van der Waals surface area contributed by atoms with Gasteiger partial charge in [0, 0.05) is 18.7 Å². The maximum Gasteiger partial charge on any atom is 0.237 e. The van der Waals surface area contributed by atoms with Crippen LogP contribution >= 0.6 is 0 Å². The van der Waals surface area contributed by atoms with Gasteiger partial charge >= 0.3 is 0 Å².